The van der Waals surface area contributed by atoms with E-state index < -0.39 is 5.41 Å². The van der Waals surface area contributed by atoms with Crippen LogP contribution in [0.15, 0.2) is 24.3 Å². The predicted octanol–water partition coefficient (Wildman–Crippen LogP) is 2.62. The van der Waals surface area contributed by atoms with Gasteiger partial charge in [0.05, 0.1) is 12.0 Å². The van der Waals surface area contributed by atoms with Crippen LogP contribution in [0.25, 0.3) is 0 Å². The number of likely N-dealkylation sites (tertiary alicyclic amines) is 1. The lowest BCUT2D eigenvalue weighted by Crippen LogP contribution is -2.52. The van der Waals surface area contributed by atoms with E-state index in [9.17, 15) is 9.59 Å². The molecule has 0 radical (unpaired) electrons. The molecule has 0 spiro atoms. The van der Waals surface area contributed by atoms with Crippen LogP contribution in [0, 0.1) is 26.2 Å². The molecule has 1 saturated heterocycles. The molecule has 2 aromatic rings. The molecule has 0 saturated carbocycles. The molecular formula is C22H30N4O3. The van der Waals surface area contributed by atoms with Crippen molar-refractivity contribution >= 4 is 11.9 Å². The lowest BCUT2D eigenvalue weighted by atomic mass is 9.74. The van der Waals surface area contributed by atoms with Gasteiger partial charge in [0.25, 0.3) is 0 Å². The number of ether oxygens (including phenoxy) is 1. The van der Waals surface area contributed by atoms with E-state index >= 15 is 0 Å². The van der Waals surface area contributed by atoms with Gasteiger partial charge in [0.15, 0.2) is 0 Å². The van der Waals surface area contributed by atoms with Gasteiger partial charge in [-0.1, -0.05) is 24.3 Å². The van der Waals surface area contributed by atoms with Gasteiger partial charge >= 0.3 is 5.97 Å². The van der Waals surface area contributed by atoms with E-state index in [1.54, 1.807) is 9.58 Å². The number of carbonyl (C=O) groups is 2. The Bertz CT molecular complexity index is 892. The van der Waals surface area contributed by atoms with Crippen LogP contribution in [0.5, 0.6) is 0 Å². The maximum atomic E-state index is 13.0. The Morgan fingerprint density at radius 2 is 1.97 bits per heavy atom. The number of nitrogens with zero attached hydrogens (tertiary/aromatic N) is 4. The van der Waals surface area contributed by atoms with Gasteiger partial charge in [0, 0.05) is 13.1 Å². The highest BCUT2D eigenvalue weighted by Crippen LogP contribution is 2.36. The average molecular weight is 399 g/mol. The summed E-state index contributed by atoms with van der Waals surface area (Å²) in [6.45, 7) is 8.99. The van der Waals surface area contributed by atoms with Crippen molar-refractivity contribution < 1.29 is 14.3 Å². The van der Waals surface area contributed by atoms with Crippen LogP contribution >= 0.6 is 0 Å². The molecule has 1 unspecified atom stereocenters. The topological polar surface area (TPSA) is 77.3 Å². The van der Waals surface area contributed by atoms with E-state index in [1.807, 2.05) is 32.9 Å². The summed E-state index contributed by atoms with van der Waals surface area (Å²) in [5, 5.41) is 4.29. The Morgan fingerprint density at radius 1 is 1.21 bits per heavy atom. The zero-order valence-corrected chi connectivity index (χ0v) is 17.8. The minimum atomic E-state index is -0.719. The van der Waals surface area contributed by atoms with Gasteiger partial charge in [-0.3, -0.25) is 9.59 Å². The van der Waals surface area contributed by atoms with E-state index in [2.05, 4.69) is 29.1 Å². The third-order valence-electron chi connectivity index (χ3n) is 5.68. The second-order valence-corrected chi connectivity index (χ2v) is 7.89. The minimum absolute atomic E-state index is 0.0452. The summed E-state index contributed by atoms with van der Waals surface area (Å²) < 4.78 is 7.09. The van der Waals surface area contributed by atoms with Crippen molar-refractivity contribution in [1.82, 2.24) is 19.7 Å². The first-order valence-electron chi connectivity index (χ1n) is 10.2. The lowest BCUT2D eigenvalue weighted by molar-refractivity contribution is -0.161. The van der Waals surface area contributed by atoms with E-state index in [4.69, 9.17) is 4.74 Å². The molecule has 7 nitrogen and oxygen atoms in total. The van der Waals surface area contributed by atoms with E-state index in [0.717, 1.165) is 17.5 Å². The molecule has 29 heavy (non-hydrogen) atoms. The van der Waals surface area contributed by atoms with Crippen molar-refractivity contribution in [3.8, 4) is 0 Å². The summed E-state index contributed by atoms with van der Waals surface area (Å²) in [6, 6.07) is 8.09. The summed E-state index contributed by atoms with van der Waals surface area (Å²) >= 11 is 0. The molecule has 1 fully saturated rings. The molecule has 0 N–H and O–H groups in total. The smallest absolute Gasteiger partial charge is 0.314 e. The Hall–Kier alpha value is -2.70. The molecule has 1 amide bonds. The van der Waals surface area contributed by atoms with Crippen molar-refractivity contribution in [2.45, 2.75) is 53.5 Å². The van der Waals surface area contributed by atoms with Crippen molar-refractivity contribution in [3.63, 3.8) is 0 Å². The molecule has 2 heterocycles. The fraction of sp³-hybridized carbons (Fsp3) is 0.545. The van der Waals surface area contributed by atoms with Crippen molar-refractivity contribution in [1.29, 1.82) is 0 Å². The highest BCUT2D eigenvalue weighted by atomic mass is 16.5. The average Bonchev–Trinajstić information content (AvgIpc) is 3.01. The van der Waals surface area contributed by atoms with Crippen LogP contribution in [0.2, 0.25) is 0 Å². The Morgan fingerprint density at radius 3 is 2.62 bits per heavy atom. The third-order valence-corrected chi connectivity index (χ3v) is 5.68. The summed E-state index contributed by atoms with van der Waals surface area (Å²) in [4.78, 5) is 32.1. The normalized spacial score (nSPS) is 19.2. The number of amides is 1. The highest BCUT2D eigenvalue weighted by Gasteiger charge is 2.45. The number of piperidine rings is 1. The SMILES string of the molecule is CCOC(=O)C1(Cc2ccccc2C)CCCN(C(=O)Cn2nc(C)nc2C)C1. The van der Waals surface area contributed by atoms with Gasteiger partial charge < -0.3 is 9.64 Å². The molecular weight excluding hydrogens is 368 g/mol. The van der Waals surface area contributed by atoms with Gasteiger partial charge in [0.2, 0.25) is 5.91 Å². The molecule has 0 aliphatic carbocycles. The van der Waals surface area contributed by atoms with Crippen LogP contribution < -0.4 is 0 Å². The van der Waals surface area contributed by atoms with Crippen molar-refractivity contribution in [2.75, 3.05) is 19.7 Å². The number of aromatic nitrogens is 3. The zero-order chi connectivity index (χ0) is 21.0. The van der Waals surface area contributed by atoms with Crippen LogP contribution in [0.4, 0.5) is 0 Å². The number of benzene rings is 1. The Labute approximate surface area is 172 Å². The minimum Gasteiger partial charge on any atom is -0.466 e. The highest BCUT2D eigenvalue weighted by molar-refractivity contribution is 5.81. The number of carbonyl (C=O) groups excluding carboxylic acids is 2. The number of hydrogen-bond donors (Lipinski definition) is 0. The van der Waals surface area contributed by atoms with E-state index in [0.29, 0.717) is 44.2 Å². The maximum absolute atomic E-state index is 13.0. The van der Waals surface area contributed by atoms with Gasteiger partial charge in [-0.05, 0) is 58.1 Å². The summed E-state index contributed by atoms with van der Waals surface area (Å²) in [7, 11) is 0. The second-order valence-electron chi connectivity index (χ2n) is 7.89. The largest absolute Gasteiger partial charge is 0.466 e. The summed E-state index contributed by atoms with van der Waals surface area (Å²) in [5.74, 6) is 1.10. The van der Waals surface area contributed by atoms with Gasteiger partial charge in [-0.2, -0.15) is 5.10 Å². The van der Waals surface area contributed by atoms with E-state index in [1.165, 1.54) is 0 Å². The van der Waals surface area contributed by atoms with Crippen LogP contribution in [0.3, 0.4) is 0 Å². The molecule has 0 bridgehead atoms. The molecule has 1 atom stereocenters. The number of hydrogen-bond acceptors (Lipinski definition) is 5. The van der Waals surface area contributed by atoms with Gasteiger partial charge in [0.1, 0.15) is 18.2 Å². The van der Waals surface area contributed by atoms with Gasteiger partial charge in [-0.25, -0.2) is 9.67 Å². The third kappa shape index (κ3) is 4.66. The standard InChI is InChI=1S/C22H30N4O3/c1-5-29-21(28)22(13-19-10-7-6-9-16(19)2)11-8-12-25(15-22)20(27)14-26-18(4)23-17(3)24-26/h6-7,9-10H,5,8,11-15H2,1-4H3. The maximum Gasteiger partial charge on any atom is 0.314 e. The number of rotatable bonds is 6. The summed E-state index contributed by atoms with van der Waals surface area (Å²) in [6.07, 6.45) is 2.06. The Balaban J connectivity index is 1.83. The zero-order valence-electron chi connectivity index (χ0n) is 17.8. The first-order valence-corrected chi connectivity index (χ1v) is 10.2. The number of esters is 1. The number of aryl methyl sites for hydroxylation is 3. The predicted molar refractivity (Wildman–Crippen MR) is 109 cm³/mol. The quantitative estimate of drug-likeness (QED) is 0.699. The molecule has 1 aromatic heterocycles. The fourth-order valence-electron chi connectivity index (χ4n) is 4.12. The van der Waals surface area contributed by atoms with Crippen LogP contribution in [-0.4, -0.2) is 51.2 Å². The molecule has 156 valence electrons. The first kappa shape index (κ1) is 21.0. The van der Waals surface area contributed by atoms with Gasteiger partial charge in [-0.15, -0.1) is 0 Å². The van der Waals surface area contributed by atoms with Crippen LogP contribution in [-0.2, 0) is 27.3 Å². The molecule has 1 aromatic carbocycles. The Kier molecular flexibility index (Phi) is 6.35. The second kappa shape index (κ2) is 8.76. The lowest BCUT2D eigenvalue weighted by Gasteiger charge is -2.41. The molecule has 7 heteroatoms. The molecule has 1 aliphatic heterocycles. The van der Waals surface area contributed by atoms with Crippen molar-refractivity contribution in [2.24, 2.45) is 5.41 Å². The van der Waals surface area contributed by atoms with Crippen LogP contribution in [0.1, 0.15) is 42.5 Å². The summed E-state index contributed by atoms with van der Waals surface area (Å²) in [5.41, 5.74) is 1.55. The first-order chi connectivity index (χ1) is 13.8. The molecule has 1 aliphatic rings. The van der Waals surface area contributed by atoms with Crippen molar-refractivity contribution in [3.05, 3.63) is 47.0 Å². The fourth-order valence-corrected chi connectivity index (χ4v) is 4.12. The van der Waals surface area contributed by atoms with E-state index in [-0.39, 0.29) is 18.4 Å². The monoisotopic (exact) mass is 398 g/mol. The molecule has 3 rings (SSSR count).